The third-order valence-electron chi connectivity index (χ3n) is 3.97. The average molecular weight is 345 g/mol. The zero-order chi connectivity index (χ0) is 18.6. The second kappa shape index (κ2) is 7.83. The molecule has 0 spiro atoms. The minimum atomic E-state index is -0.604. The zero-order valence-corrected chi connectivity index (χ0v) is 15.2. The third kappa shape index (κ3) is 4.82. The number of carbonyl (C=O) groups excluding carboxylic acids is 2. The Kier molecular flexibility index (Phi) is 5.80. The quantitative estimate of drug-likeness (QED) is 0.812. The highest BCUT2D eigenvalue weighted by Gasteiger charge is 2.14. The fraction of sp³-hybridized carbons (Fsp3) is 0.389. The first kappa shape index (κ1) is 18.5. The van der Waals surface area contributed by atoms with Crippen molar-refractivity contribution in [2.45, 2.75) is 27.7 Å². The summed E-state index contributed by atoms with van der Waals surface area (Å²) < 4.78 is 12.0. The number of amides is 1. The van der Waals surface area contributed by atoms with Gasteiger partial charge >= 0.3 is 5.97 Å². The number of hydrogen-bond donors (Lipinski definition) is 1. The standard InChI is InChI=1S/C18H23N3O4/c1-11-6-7-15(8-12(11)2)24-10-17(23)25-9-16(22)19-18-13(3)20-21(5)14(18)4/h6-8H,9-10H2,1-5H3,(H,19,22). The van der Waals surface area contributed by atoms with Crippen LogP contribution in [0, 0.1) is 27.7 Å². The van der Waals surface area contributed by atoms with Crippen molar-refractivity contribution >= 4 is 17.6 Å². The molecule has 0 aliphatic carbocycles. The molecule has 0 saturated carbocycles. The minimum absolute atomic E-state index is 0.249. The maximum atomic E-state index is 11.9. The molecule has 0 aliphatic heterocycles. The van der Waals surface area contributed by atoms with E-state index in [1.165, 1.54) is 0 Å². The second-order valence-corrected chi connectivity index (χ2v) is 5.91. The number of rotatable bonds is 6. The van der Waals surface area contributed by atoms with Crippen molar-refractivity contribution in [3.63, 3.8) is 0 Å². The molecule has 1 aromatic heterocycles. The number of hydrogen-bond acceptors (Lipinski definition) is 5. The Hall–Kier alpha value is -2.83. The first-order valence-electron chi connectivity index (χ1n) is 7.93. The molecule has 0 aliphatic rings. The summed E-state index contributed by atoms with van der Waals surface area (Å²) in [5.41, 5.74) is 4.39. The summed E-state index contributed by atoms with van der Waals surface area (Å²) in [5, 5.41) is 6.91. The summed E-state index contributed by atoms with van der Waals surface area (Å²) in [6.07, 6.45) is 0. The highest BCUT2D eigenvalue weighted by molar-refractivity contribution is 5.93. The molecule has 25 heavy (non-hydrogen) atoms. The molecular formula is C18H23N3O4. The van der Waals surface area contributed by atoms with E-state index >= 15 is 0 Å². The van der Waals surface area contributed by atoms with Crippen LogP contribution in [0.25, 0.3) is 0 Å². The Bertz CT molecular complexity index is 796. The molecule has 7 nitrogen and oxygen atoms in total. The van der Waals surface area contributed by atoms with Crippen LogP contribution in [0.5, 0.6) is 5.75 Å². The average Bonchev–Trinajstić information content (AvgIpc) is 2.80. The van der Waals surface area contributed by atoms with Crippen LogP contribution < -0.4 is 10.1 Å². The van der Waals surface area contributed by atoms with Crippen LogP contribution >= 0.6 is 0 Å². The van der Waals surface area contributed by atoms with Gasteiger partial charge in [-0.1, -0.05) is 6.07 Å². The Morgan fingerprint density at radius 3 is 2.44 bits per heavy atom. The molecule has 7 heteroatoms. The molecule has 0 saturated heterocycles. The van der Waals surface area contributed by atoms with E-state index in [0.29, 0.717) is 17.1 Å². The van der Waals surface area contributed by atoms with Gasteiger partial charge in [-0.15, -0.1) is 0 Å². The lowest BCUT2D eigenvalue weighted by atomic mass is 10.1. The van der Waals surface area contributed by atoms with E-state index < -0.39 is 11.9 Å². The summed E-state index contributed by atoms with van der Waals surface area (Å²) in [6, 6.07) is 5.56. The van der Waals surface area contributed by atoms with Crippen molar-refractivity contribution in [2.24, 2.45) is 7.05 Å². The number of benzene rings is 1. The summed E-state index contributed by atoms with van der Waals surface area (Å²) in [7, 11) is 1.79. The number of aryl methyl sites for hydroxylation is 4. The normalized spacial score (nSPS) is 10.4. The van der Waals surface area contributed by atoms with Gasteiger partial charge in [0.1, 0.15) is 5.75 Å². The van der Waals surface area contributed by atoms with Crippen molar-refractivity contribution in [2.75, 3.05) is 18.5 Å². The van der Waals surface area contributed by atoms with Gasteiger partial charge < -0.3 is 14.8 Å². The topological polar surface area (TPSA) is 82.4 Å². The smallest absolute Gasteiger partial charge is 0.344 e. The molecule has 2 rings (SSSR count). The lowest BCUT2D eigenvalue weighted by molar-refractivity contribution is -0.149. The van der Waals surface area contributed by atoms with E-state index in [2.05, 4.69) is 10.4 Å². The lowest BCUT2D eigenvalue weighted by Gasteiger charge is -2.09. The number of nitrogens with zero attached hydrogens (tertiary/aromatic N) is 2. The molecule has 0 atom stereocenters. The van der Waals surface area contributed by atoms with Crippen LogP contribution in [-0.4, -0.2) is 34.9 Å². The van der Waals surface area contributed by atoms with Gasteiger partial charge in [-0.2, -0.15) is 5.10 Å². The number of esters is 1. The van der Waals surface area contributed by atoms with Crippen LogP contribution in [0.2, 0.25) is 0 Å². The van der Waals surface area contributed by atoms with E-state index in [1.54, 1.807) is 24.7 Å². The molecule has 1 aromatic carbocycles. The molecule has 1 amide bonds. The largest absolute Gasteiger partial charge is 0.482 e. The van der Waals surface area contributed by atoms with Crippen LogP contribution in [-0.2, 0) is 21.4 Å². The summed E-state index contributed by atoms with van der Waals surface area (Å²) >= 11 is 0. The monoisotopic (exact) mass is 345 g/mol. The Balaban J connectivity index is 1.79. The summed E-state index contributed by atoms with van der Waals surface area (Å²) in [5.74, 6) is -0.433. The molecule has 1 heterocycles. The van der Waals surface area contributed by atoms with Crippen LogP contribution in [0.15, 0.2) is 18.2 Å². The summed E-state index contributed by atoms with van der Waals surface area (Å²) in [6.45, 7) is 6.99. The predicted molar refractivity (Wildman–Crippen MR) is 93.7 cm³/mol. The maximum Gasteiger partial charge on any atom is 0.344 e. The van der Waals surface area contributed by atoms with Crippen LogP contribution in [0.3, 0.4) is 0 Å². The van der Waals surface area contributed by atoms with Crippen molar-refractivity contribution in [3.05, 3.63) is 40.7 Å². The minimum Gasteiger partial charge on any atom is -0.482 e. The molecule has 0 unspecified atom stereocenters. The number of nitrogens with one attached hydrogen (secondary N) is 1. The van der Waals surface area contributed by atoms with Crippen LogP contribution in [0.1, 0.15) is 22.5 Å². The van der Waals surface area contributed by atoms with E-state index in [0.717, 1.165) is 16.8 Å². The first-order chi connectivity index (χ1) is 11.8. The van der Waals surface area contributed by atoms with Crippen molar-refractivity contribution < 1.29 is 19.1 Å². The third-order valence-corrected chi connectivity index (χ3v) is 3.97. The first-order valence-corrected chi connectivity index (χ1v) is 7.93. The Labute approximate surface area is 146 Å². The molecule has 1 N–H and O–H groups in total. The zero-order valence-electron chi connectivity index (χ0n) is 15.2. The van der Waals surface area contributed by atoms with Gasteiger partial charge in [0.05, 0.1) is 17.1 Å². The van der Waals surface area contributed by atoms with Gasteiger partial charge in [-0.05, 0) is 51.0 Å². The van der Waals surface area contributed by atoms with Gasteiger partial charge in [0, 0.05) is 7.05 Å². The molecule has 0 bridgehead atoms. The lowest BCUT2D eigenvalue weighted by Crippen LogP contribution is -2.24. The highest BCUT2D eigenvalue weighted by Crippen LogP contribution is 2.18. The number of carbonyl (C=O) groups is 2. The second-order valence-electron chi connectivity index (χ2n) is 5.91. The van der Waals surface area contributed by atoms with E-state index in [9.17, 15) is 9.59 Å². The number of ether oxygens (including phenoxy) is 2. The maximum absolute atomic E-state index is 11.9. The van der Waals surface area contributed by atoms with Gasteiger partial charge in [0.15, 0.2) is 13.2 Å². The molecular weight excluding hydrogens is 322 g/mol. The molecule has 0 radical (unpaired) electrons. The number of aromatic nitrogens is 2. The van der Waals surface area contributed by atoms with Crippen LogP contribution in [0.4, 0.5) is 5.69 Å². The predicted octanol–water partition coefficient (Wildman–Crippen LogP) is 2.21. The highest BCUT2D eigenvalue weighted by atomic mass is 16.6. The van der Waals surface area contributed by atoms with Crippen molar-refractivity contribution in [1.82, 2.24) is 9.78 Å². The van der Waals surface area contributed by atoms with E-state index in [-0.39, 0.29) is 13.2 Å². The van der Waals surface area contributed by atoms with Crippen molar-refractivity contribution in [1.29, 1.82) is 0 Å². The summed E-state index contributed by atoms with van der Waals surface area (Å²) in [4.78, 5) is 23.6. The Morgan fingerprint density at radius 1 is 1.12 bits per heavy atom. The Morgan fingerprint density at radius 2 is 1.84 bits per heavy atom. The fourth-order valence-corrected chi connectivity index (χ4v) is 2.26. The van der Waals surface area contributed by atoms with Gasteiger partial charge in [0.25, 0.3) is 5.91 Å². The molecule has 2 aromatic rings. The van der Waals surface area contributed by atoms with E-state index in [4.69, 9.17) is 9.47 Å². The molecule has 134 valence electrons. The van der Waals surface area contributed by atoms with Gasteiger partial charge in [-0.3, -0.25) is 9.48 Å². The van der Waals surface area contributed by atoms with Crippen molar-refractivity contribution in [3.8, 4) is 5.75 Å². The fourth-order valence-electron chi connectivity index (χ4n) is 2.26. The van der Waals surface area contributed by atoms with E-state index in [1.807, 2.05) is 32.9 Å². The number of anilines is 1. The van der Waals surface area contributed by atoms with Gasteiger partial charge in [-0.25, -0.2) is 4.79 Å². The van der Waals surface area contributed by atoms with Gasteiger partial charge in [0.2, 0.25) is 0 Å². The molecule has 0 fully saturated rings. The SMILES string of the molecule is Cc1ccc(OCC(=O)OCC(=O)Nc2c(C)nn(C)c2C)cc1C.